The first-order chi connectivity index (χ1) is 10.1. The van der Waals surface area contributed by atoms with E-state index in [1.807, 2.05) is 26.0 Å². The quantitative estimate of drug-likeness (QED) is 0.803. The molecule has 2 saturated heterocycles. The number of rotatable bonds is 3. The van der Waals surface area contributed by atoms with Gasteiger partial charge in [0.25, 0.3) is 0 Å². The van der Waals surface area contributed by atoms with Crippen molar-refractivity contribution in [2.75, 3.05) is 19.8 Å². The third-order valence-electron chi connectivity index (χ3n) is 4.42. The van der Waals surface area contributed by atoms with Gasteiger partial charge in [0, 0.05) is 31.4 Å². The lowest BCUT2D eigenvalue weighted by molar-refractivity contribution is -0.112. The Morgan fingerprint density at radius 1 is 1.29 bits per heavy atom. The summed E-state index contributed by atoms with van der Waals surface area (Å²) in [6.07, 6.45) is 3.76. The highest BCUT2D eigenvalue weighted by molar-refractivity contribution is 5.76. The smallest absolute Gasteiger partial charge is 0.150 e. The summed E-state index contributed by atoms with van der Waals surface area (Å²) >= 11 is 0. The Morgan fingerprint density at radius 3 is 2.67 bits per heavy atom. The van der Waals surface area contributed by atoms with E-state index in [2.05, 4.69) is 0 Å². The minimum absolute atomic E-state index is 0.145. The first-order valence-corrected chi connectivity index (χ1v) is 7.57. The maximum absolute atomic E-state index is 10.9. The van der Waals surface area contributed by atoms with Crippen LogP contribution in [0.5, 0.6) is 5.75 Å². The Kier molecular flexibility index (Phi) is 4.00. The van der Waals surface area contributed by atoms with E-state index in [1.54, 1.807) is 0 Å². The fraction of sp³-hybridized carbons (Fsp3) is 0.588. The van der Waals surface area contributed by atoms with Crippen LogP contribution in [0.25, 0.3) is 0 Å². The average molecular weight is 290 g/mol. The van der Waals surface area contributed by atoms with Gasteiger partial charge in [0.1, 0.15) is 18.1 Å². The van der Waals surface area contributed by atoms with Crippen LogP contribution in [-0.2, 0) is 9.47 Å². The van der Waals surface area contributed by atoms with Crippen molar-refractivity contribution in [3.8, 4) is 5.75 Å². The van der Waals surface area contributed by atoms with Gasteiger partial charge in [0.2, 0.25) is 0 Å². The van der Waals surface area contributed by atoms with Crippen LogP contribution < -0.4 is 4.74 Å². The van der Waals surface area contributed by atoms with Crippen molar-refractivity contribution >= 4 is 6.29 Å². The molecule has 0 aromatic heterocycles. The van der Waals surface area contributed by atoms with Gasteiger partial charge in [-0.1, -0.05) is 0 Å². The van der Waals surface area contributed by atoms with Crippen LogP contribution in [0.3, 0.4) is 0 Å². The summed E-state index contributed by atoms with van der Waals surface area (Å²) in [5, 5.41) is 0. The molecule has 2 unspecified atom stereocenters. The molecule has 0 aliphatic carbocycles. The lowest BCUT2D eigenvalue weighted by Gasteiger charge is -2.37. The highest BCUT2D eigenvalue weighted by Gasteiger charge is 2.42. The molecule has 2 atom stereocenters. The molecule has 0 bridgehead atoms. The number of benzene rings is 1. The standard InChI is InChI=1S/C17H22O4/c1-12-7-14(10-18)8-13(2)16(12)21-15-3-5-20-17(9-15)4-6-19-11-17/h7-8,10,15H,3-6,9,11H2,1-2H3. The number of aryl methyl sites for hydroxylation is 2. The number of hydrogen-bond acceptors (Lipinski definition) is 4. The third-order valence-corrected chi connectivity index (χ3v) is 4.42. The zero-order valence-corrected chi connectivity index (χ0v) is 12.7. The summed E-state index contributed by atoms with van der Waals surface area (Å²) in [7, 11) is 0. The van der Waals surface area contributed by atoms with Crippen LogP contribution in [0.15, 0.2) is 12.1 Å². The molecule has 0 amide bonds. The number of aldehydes is 1. The van der Waals surface area contributed by atoms with Crippen LogP contribution >= 0.6 is 0 Å². The third kappa shape index (κ3) is 2.97. The summed E-state index contributed by atoms with van der Waals surface area (Å²) in [5.74, 6) is 0.904. The van der Waals surface area contributed by atoms with Gasteiger partial charge in [-0.05, 0) is 37.1 Å². The van der Waals surface area contributed by atoms with Gasteiger partial charge in [-0.3, -0.25) is 4.79 Å². The van der Waals surface area contributed by atoms with Crippen molar-refractivity contribution in [1.82, 2.24) is 0 Å². The summed E-state index contributed by atoms with van der Waals surface area (Å²) in [6, 6.07) is 3.76. The van der Waals surface area contributed by atoms with E-state index in [-0.39, 0.29) is 11.7 Å². The lowest BCUT2D eigenvalue weighted by Crippen LogP contribution is -2.44. The van der Waals surface area contributed by atoms with Gasteiger partial charge in [-0.25, -0.2) is 0 Å². The van der Waals surface area contributed by atoms with Gasteiger partial charge in [-0.2, -0.15) is 0 Å². The van der Waals surface area contributed by atoms with E-state index in [0.29, 0.717) is 12.2 Å². The first kappa shape index (κ1) is 14.5. The fourth-order valence-corrected chi connectivity index (χ4v) is 3.35. The van der Waals surface area contributed by atoms with Gasteiger partial charge in [0.15, 0.2) is 0 Å². The minimum atomic E-state index is -0.145. The molecule has 2 heterocycles. The monoisotopic (exact) mass is 290 g/mol. The van der Waals surface area contributed by atoms with Crippen molar-refractivity contribution in [3.05, 3.63) is 28.8 Å². The van der Waals surface area contributed by atoms with Gasteiger partial charge in [-0.15, -0.1) is 0 Å². The SMILES string of the molecule is Cc1cc(C=O)cc(C)c1OC1CCOC2(CCOC2)C1. The molecule has 0 saturated carbocycles. The maximum atomic E-state index is 10.9. The molecule has 114 valence electrons. The van der Waals surface area contributed by atoms with Crippen LogP contribution in [0.2, 0.25) is 0 Å². The van der Waals surface area contributed by atoms with Gasteiger partial charge < -0.3 is 14.2 Å². The molecule has 4 nitrogen and oxygen atoms in total. The molecule has 2 aliphatic rings. The molecule has 3 rings (SSSR count). The van der Waals surface area contributed by atoms with Crippen molar-refractivity contribution in [2.45, 2.75) is 44.8 Å². The second-order valence-corrected chi connectivity index (χ2v) is 6.17. The molecular weight excluding hydrogens is 268 g/mol. The van der Waals surface area contributed by atoms with Crippen molar-refractivity contribution in [3.63, 3.8) is 0 Å². The highest BCUT2D eigenvalue weighted by atomic mass is 16.6. The van der Waals surface area contributed by atoms with Crippen molar-refractivity contribution in [1.29, 1.82) is 0 Å². The van der Waals surface area contributed by atoms with Crippen molar-refractivity contribution in [2.24, 2.45) is 0 Å². The fourth-order valence-electron chi connectivity index (χ4n) is 3.35. The Morgan fingerprint density at radius 2 is 2.05 bits per heavy atom. The predicted molar refractivity (Wildman–Crippen MR) is 79.1 cm³/mol. The molecule has 1 spiro atoms. The minimum Gasteiger partial charge on any atom is -0.490 e. The Labute approximate surface area is 125 Å². The molecular formula is C17H22O4. The number of carbonyl (C=O) groups excluding carboxylic acids is 1. The van der Waals surface area contributed by atoms with Crippen LogP contribution in [0, 0.1) is 13.8 Å². The first-order valence-electron chi connectivity index (χ1n) is 7.57. The maximum Gasteiger partial charge on any atom is 0.150 e. The molecule has 2 aliphatic heterocycles. The van der Waals surface area contributed by atoms with E-state index in [9.17, 15) is 4.79 Å². The van der Waals surface area contributed by atoms with E-state index in [0.717, 1.165) is 55.6 Å². The van der Waals surface area contributed by atoms with Crippen molar-refractivity contribution < 1.29 is 19.0 Å². The zero-order valence-electron chi connectivity index (χ0n) is 12.7. The molecule has 1 aromatic rings. The Balaban J connectivity index is 1.75. The van der Waals surface area contributed by atoms with E-state index < -0.39 is 0 Å². The summed E-state index contributed by atoms with van der Waals surface area (Å²) in [4.78, 5) is 10.9. The number of carbonyl (C=O) groups is 1. The summed E-state index contributed by atoms with van der Waals surface area (Å²) < 4.78 is 17.7. The molecule has 0 radical (unpaired) electrons. The summed E-state index contributed by atoms with van der Waals surface area (Å²) in [5.41, 5.74) is 2.58. The topological polar surface area (TPSA) is 44.8 Å². The predicted octanol–water partition coefficient (Wildman–Crippen LogP) is 2.83. The number of ether oxygens (including phenoxy) is 3. The normalized spacial score (nSPS) is 28.8. The van der Waals surface area contributed by atoms with Gasteiger partial charge in [0.05, 0.1) is 18.8 Å². The highest BCUT2D eigenvalue weighted by Crippen LogP contribution is 2.36. The van der Waals surface area contributed by atoms with E-state index in [1.165, 1.54) is 0 Å². The van der Waals surface area contributed by atoms with E-state index in [4.69, 9.17) is 14.2 Å². The molecule has 2 fully saturated rings. The zero-order chi connectivity index (χ0) is 14.9. The Hall–Kier alpha value is -1.39. The molecule has 0 N–H and O–H groups in total. The average Bonchev–Trinajstić information content (AvgIpc) is 2.90. The van der Waals surface area contributed by atoms with Crippen LogP contribution in [-0.4, -0.2) is 37.8 Å². The summed E-state index contributed by atoms with van der Waals surface area (Å²) in [6.45, 7) is 6.15. The molecule has 21 heavy (non-hydrogen) atoms. The van der Waals surface area contributed by atoms with Gasteiger partial charge >= 0.3 is 0 Å². The molecule has 4 heteroatoms. The second-order valence-electron chi connectivity index (χ2n) is 6.17. The Bertz CT molecular complexity index is 509. The second kappa shape index (κ2) is 5.78. The largest absolute Gasteiger partial charge is 0.490 e. The van der Waals surface area contributed by atoms with E-state index >= 15 is 0 Å². The lowest BCUT2D eigenvalue weighted by atomic mass is 9.91. The van der Waals surface area contributed by atoms with Crippen LogP contribution in [0.4, 0.5) is 0 Å². The number of hydrogen-bond donors (Lipinski definition) is 0. The van der Waals surface area contributed by atoms with Crippen LogP contribution in [0.1, 0.15) is 40.7 Å². The molecule has 1 aromatic carbocycles.